The molecule has 0 spiro atoms. The minimum atomic E-state index is 0.118. The molecule has 0 fully saturated rings. The van der Waals surface area contributed by atoms with E-state index in [-0.39, 0.29) is 11.9 Å². The summed E-state index contributed by atoms with van der Waals surface area (Å²) in [7, 11) is 0. The predicted molar refractivity (Wildman–Crippen MR) is 84.5 cm³/mol. The molecule has 5 heteroatoms. The zero-order valence-electron chi connectivity index (χ0n) is 11.9. The van der Waals surface area contributed by atoms with Gasteiger partial charge in [-0.1, -0.05) is 30.0 Å². The van der Waals surface area contributed by atoms with Gasteiger partial charge in [0.15, 0.2) is 5.16 Å². The standard InChI is InChI=1S/C16H17N3OS/c1-12-7-8-13-5-2-3-6-14(13)19(12)15(20)11-21-16-17-9-4-10-18-16/h2-6,9-10,12H,7-8,11H2,1H3/t12-/m1/s1. The van der Waals surface area contributed by atoms with Crippen molar-refractivity contribution in [1.82, 2.24) is 9.97 Å². The van der Waals surface area contributed by atoms with Crippen molar-refractivity contribution < 1.29 is 4.79 Å². The van der Waals surface area contributed by atoms with Crippen LogP contribution in [0.5, 0.6) is 0 Å². The van der Waals surface area contributed by atoms with Crippen molar-refractivity contribution in [2.24, 2.45) is 0 Å². The second-order valence-corrected chi connectivity index (χ2v) is 6.04. The number of carbonyl (C=O) groups is 1. The highest BCUT2D eigenvalue weighted by molar-refractivity contribution is 7.99. The Kier molecular flexibility index (Phi) is 4.20. The first-order valence-corrected chi connectivity index (χ1v) is 8.04. The minimum absolute atomic E-state index is 0.118. The molecular formula is C16H17N3OS. The van der Waals surface area contributed by atoms with Crippen LogP contribution in [0.3, 0.4) is 0 Å². The van der Waals surface area contributed by atoms with Gasteiger partial charge in [-0.2, -0.15) is 0 Å². The number of carbonyl (C=O) groups excluding carboxylic acids is 1. The summed E-state index contributed by atoms with van der Waals surface area (Å²) in [6.45, 7) is 2.11. The molecule has 2 heterocycles. The lowest BCUT2D eigenvalue weighted by Crippen LogP contribution is -2.43. The van der Waals surface area contributed by atoms with Crippen molar-refractivity contribution in [2.75, 3.05) is 10.7 Å². The highest BCUT2D eigenvalue weighted by atomic mass is 32.2. The largest absolute Gasteiger partial charge is 0.309 e. The molecule has 0 radical (unpaired) electrons. The molecule has 1 amide bonds. The van der Waals surface area contributed by atoms with Crippen molar-refractivity contribution in [3.63, 3.8) is 0 Å². The molecule has 0 saturated heterocycles. The first-order valence-electron chi connectivity index (χ1n) is 7.05. The molecule has 21 heavy (non-hydrogen) atoms. The second kappa shape index (κ2) is 6.26. The third-order valence-corrected chi connectivity index (χ3v) is 4.52. The molecule has 2 aromatic rings. The quantitative estimate of drug-likeness (QED) is 0.646. The smallest absolute Gasteiger partial charge is 0.237 e. The van der Waals surface area contributed by atoms with Crippen LogP contribution < -0.4 is 4.90 Å². The van der Waals surface area contributed by atoms with Crippen molar-refractivity contribution in [2.45, 2.75) is 31.0 Å². The van der Waals surface area contributed by atoms with Gasteiger partial charge in [0.25, 0.3) is 0 Å². The van der Waals surface area contributed by atoms with Crippen LogP contribution in [0.25, 0.3) is 0 Å². The summed E-state index contributed by atoms with van der Waals surface area (Å²) in [6.07, 6.45) is 5.43. The van der Waals surface area contributed by atoms with Gasteiger partial charge >= 0.3 is 0 Å². The van der Waals surface area contributed by atoms with Gasteiger partial charge in [-0.3, -0.25) is 4.79 Å². The van der Waals surface area contributed by atoms with E-state index in [1.165, 1.54) is 17.3 Å². The van der Waals surface area contributed by atoms with Crippen LogP contribution >= 0.6 is 11.8 Å². The summed E-state index contributed by atoms with van der Waals surface area (Å²) in [4.78, 5) is 22.8. The first kappa shape index (κ1) is 14.1. The Morgan fingerprint density at radius 1 is 1.29 bits per heavy atom. The Morgan fingerprint density at radius 3 is 2.86 bits per heavy atom. The maximum atomic E-state index is 12.6. The fourth-order valence-electron chi connectivity index (χ4n) is 2.62. The van der Waals surface area contributed by atoms with Crippen molar-refractivity contribution in [1.29, 1.82) is 0 Å². The van der Waals surface area contributed by atoms with Gasteiger partial charge in [-0.25, -0.2) is 9.97 Å². The lowest BCUT2D eigenvalue weighted by Gasteiger charge is -2.35. The van der Waals surface area contributed by atoms with E-state index in [9.17, 15) is 4.79 Å². The molecule has 0 unspecified atom stereocenters. The number of para-hydroxylation sites is 1. The number of rotatable bonds is 3. The Balaban J connectivity index is 1.75. The molecule has 0 N–H and O–H groups in total. The van der Waals surface area contributed by atoms with E-state index >= 15 is 0 Å². The van der Waals surface area contributed by atoms with E-state index in [0.29, 0.717) is 10.9 Å². The van der Waals surface area contributed by atoms with Crippen molar-refractivity contribution in [3.8, 4) is 0 Å². The summed E-state index contributed by atoms with van der Waals surface area (Å²) in [5, 5.41) is 0.642. The average molecular weight is 299 g/mol. The fourth-order valence-corrected chi connectivity index (χ4v) is 3.29. The fraction of sp³-hybridized carbons (Fsp3) is 0.312. The van der Waals surface area contributed by atoms with Crippen LogP contribution in [-0.2, 0) is 11.2 Å². The molecule has 1 aromatic heterocycles. The molecule has 1 aliphatic rings. The van der Waals surface area contributed by atoms with E-state index in [2.05, 4.69) is 23.0 Å². The summed E-state index contributed by atoms with van der Waals surface area (Å²) in [6, 6.07) is 10.2. The number of amides is 1. The van der Waals surface area contributed by atoms with Crippen molar-refractivity contribution in [3.05, 3.63) is 48.3 Å². The van der Waals surface area contributed by atoms with Gasteiger partial charge in [0.2, 0.25) is 5.91 Å². The lowest BCUT2D eigenvalue weighted by molar-refractivity contribution is -0.116. The van der Waals surface area contributed by atoms with Crippen LogP contribution in [0.4, 0.5) is 5.69 Å². The van der Waals surface area contributed by atoms with Crippen LogP contribution in [0, 0.1) is 0 Å². The SMILES string of the molecule is C[C@@H]1CCc2ccccc2N1C(=O)CSc1ncccn1. The lowest BCUT2D eigenvalue weighted by atomic mass is 9.97. The normalized spacial score (nSPS) is 17.4. The van der Waals surface area contributed by atoms with E-state index in [0.717, 1.165) is 18.5 Å². The van der Waals surface area contributed by atoms with Gasteiger partial charge in [-0.15, -0.1) is 0 Å². The van der Waals surface area contributed by atoms with Gasteiger partial charge in [0, 0.05) is 24.1 Å². The van der Waals surface area contributed by atoms with Crippen LogP contribution in [0.2, 0.25) is 0 Å². The Labute approximate surface area is 128 Å². The molecule has 0 aliphatic carbocycles. The molecule has 0 saturated carbocycles. The number of anilines is 1. The number of aromatic nitrogens is 2. The van der Waals surface area contributed by atoms with E-state index in [1.54, 1.807) is 18.5 Å². The number of fused-ring (bicyclic) bond motifs is 1. The zero-order chi connectivity index (χ0) is 14.7. The average Bonchev–Trinajstić information content (AvgIpc) is 2.53. The Hall–Kier alpha value is -1.88. The van der Waals surface area contributed by atoms with E-state index in [4.69, 9.17) is 0 Å². The Bertz CT molecular complexity index is 632. The molecule has 1 aromatic carbocycles. The van der Waals surface area contributed by atoms with Gasteiger partial charge < -0.3 is 4.90 Å². The molecular weight excluding hydrogens is 282 g/mol. The summed E-state index contributed by atoms with van der Waals surface area (Å²) in [5.41, 5.74) is 2.31. The van der Waals surface area contributed by atoms with Gasteiger partial charge in [0.1, 0.15) is 0 Å². The summed E-state index contributed by atoms with van der Waals surface area (Å²) < 4.78 is 0. The Morgan fingerprint density at radius 2 is 2.05 bits per heavy atom. The number of hydrogen-bond acceptors (Lipinski definition) is 4. The molecule has 1 aliphatic heterocycles. The molecule has 4 nitrogen and oxygen atoms in total. The second-order valence-electron chi connectivity index (χ2n) is 5.10. The predicted octanol–water partition coefficient (Wildman–Crippen LogP) is 2.94. The third-order valence-electron chi connectivity index (χ3n) is 3.66. The molecule has 1 atom stereocenters. The summed E-state index contributed by atoms with van der Waals surface area (Å²) >= 11 is 1.39. The number of hydrogen-bond donors (Lipinski definition) is 0. The van der Waals surface area contributed by atoms with Gasteiger partial charge in [0.05, 0.1) is 5.75 Å². The number of nitrogens with zero attached hydrogens (tertiary/aromatic N) is 3. The van der Waals surface area contributed by atoms with Crippen LogP contribution in [0.15, 0.2) is 47.9 Å². The summed E-state index contributed by atoms with van der Waals surface area (Å²) in [5.74, 6) is 0.481. The van der Waals surface area contributed by atoms with Gasteiger partial charge in [-0.05, 0) is 37.5 Å². The monoisotopic (exact) mass is 299 g/mol. The topological polar surface area (TPSA) is 46.1 Å². The van der Waals surface area contributed by atoms with Crippen LogP contribution in [-0.4, -0.2) is 27.7 Å². The first-order chi connectivity index (χ1) is 10.3. The van der Waals surface area contributed by atoms with Crippen molar-refractivity contribution >= 4 is 23.4 Å². The van der Waals surface area contributed by atoms with E-state index < -0.39 is 0 Å². The highest BCUT2D eigenvalue weighted by Crippen LogP contribution is 2.31. The molecule has 108 valence electrons. The molecule has 3 rings (SSSR count). The van der Waals surface area contributed by atoms with E-state index in [1.807, 2.05) is 23.1 Å². The zero-order valence-corrected chi connectivity index (χ0v) is 12.7. The van der Waals surface area contributed by atoms with Crippen LogP contribution in [0.1, 0.15) is 18.9 Å². The number of thioether (sulfide) groups is 1. The number of aryl methyl sites for hydroxylation is 1. The maximum absolute atomic E-state index is 12.6. The highest BCUT2D eigenvalue weighted by Gasteiger charge is 2.27. The number of benzene rings is 1. The third kappa shape index (κ3) is 3.08. The maximum Gasteiger partial charge on any atom is 0.237 e. The molecule has 0 bridgehead atoms. The minimum Gasteiger partial charge on any atom is -0.309 e.